The summed E-state index contributed by atoms with van der Waals surface area (Å²) in [6.45, 7) is 16.3. The molecule has 0 aromatic carbocycles. The fraction of sp³-hybridized carbons (Fsp3) is 0.767. The predicted octanol–water partition coefficient (Wildman–Crippen LogP) is 4.96. The van der Waals surface area contributed by atoms with Crippen molar-refractivity contribution < 1.29 is 24.2 Å². The molecule has 4 unspecified atom stereocenters. The number of halogens is 1. The Kier molecular flexibility index (Phi) is 11.6. The molecule has 1 N–H and O–H groups in total. The van der Waals surface area contributed by atoms with Gasteiger partial charge in [0.1, 0.15) is 6.04 Å². The number of fused-ring (bicyclic) bond motifs is 1. The standard InChI is InChI=1S/C30H47BrN2O5S/c1-7-10-11-12-15-38-29(37)23-24-27(35)33(21(18-34)16-19(4)5)26(30(24)17-22(31)25(23)39-30)28(36)32(14-9-3)20(6)13-8-2/h7,9,19-26,34H,1,3,8,10-18H2,2,4-6H3/t20?,21-,22?,23-,24+,25-,26?,30?/m1/s1. The summed E-state index contributed by atoms with van der Waals surface area (Å²) in [5.74, 6) is -1.71. The average Bonchev–Trinajstić information content (AvgIpc) is 3.48. The van der Waals surface area contributed by atoms with E-state index in [1.807, 2.05) is 31.7 Å². The third-order valence-corrected chi connectivity index (χ3v) is 11.7. The van der Waals surface area contributed by atoms with Gasteiger partial charge < -0.3 is 19.6 Å². The summed E-state index contributed by atoms with van der Waals surface area (Å²) in [7, 11) is 0. The van der Waals surface area contributed by atoms with Crippen molar-refractivity contribution in [2.45, 2.75) is 106 Å². The summed E-state index contributed by atoms with van der Waals surface area (Å²) < 4.78 is 4.97. The SMILES string of the molecule is C=CCCCCOC(=O)[C@H]1[C@@H]2SC3(CC2Br)C(C(=O)N(CC=C)C(C)CCC)N([C@@H](CO)CC(C)C)C(=O)[C@H]13. The molecule has 0 aromatic heterocycles. The highest BCUT2D eigenvalue weighted by Crippen LogP contribution is 2.68. The Labute approximate surface area is 247 Å². The fourth-order valence-electron chi connectivity index (χ4n) is 6.85. The average molecular weight is 628 g/mol. The van der Waals surface area contributed by atoms with E-state index in [-0.39, 0.29) is 46.4 Å². The Hall–Kier alpha value is -1.32. The Bertz CT molecular complexity index is 916. The number of aliphatic hydroxyl groups is 1. The molecule has 2 bridgehead atoms. The van der Waals surface area contributed by atoms with Crippen LogP contribution in [0.4, 0.5) is 0 Å². The molecule has 3 fully saturated rings. The monoisotopic (exact) mass is 626 g/mol. The van der Waals surface area contributed by atoms with Gasteiger partial charge in [0.15, 0.2) is 0 Å². The van der Waals surface area contributed by atoms with Crippen LogP contribution in [0.2, 0.25) is 0 Å². The molecule has 3 rings (SSSR count). The first-order chi connectivity index (χ1) is 18.6. The Morgan fingerprint density at radius 1 is 1.28 bits per heavy atom. The molecular formula is C30H47BrN2O5S. The van der Waals surface area contributed by atoms with E-state index >= 15 is 0 Å². The molecule has 0 saturated carbocycles. The van der Waals surface area contributed by atoms with E-state index in [9.17, 15) is 19.5 Å². The molecule has 220 valence electrons. The smallest absolute Gasteiger partial charge is 0.310 e. The molecule has 39 heavy (non-hydrogen) atoms. The van der Waals surface area contributed by atoms with Crippen LogP contribution >= 0.6 is 27.7 Å². The van der Waals surface area contributed by atoms with Gasteiger partial charge in [-0.1, -0.05) is 55.3 Å². The maximum absolute atomic E-state index is 14.5. The summed E-state index contributed by atoms with van der Waals surface area (Å²) >= 11 is 5.42. The van der Waals surface area contributed by atoms with Crippen LogP contribution in [0.1, 0.15) is 72.6 Å². The zero-order valence-corrected chi connectivity index (χ0v) is 26.4. The van der Waals surface area contributed by atoms with Gasteiger partial charge in [-0.15, -0.1) is 24.9 Å². The number of aliphatic hydroxyl groups excluding tert-OH is 1. The lowest BCUT2D eigenvalue weighted by Crippen LogP contribution is -2.59. The summed E-state index contributed by atoms with van der Waals surface area (Å²) in [5, 5.41) is 10.3. The van der Waals surface area contributed by atoms with E-state index in [2.05, 4.69) is 36.0 Å². The number of rotatable bonds is 16. The van der Waals surface area contributed by atoms with Crippen LogP contribution in [0.5, 0.6) is 0 Å². The van der Waals surface area contributed by atoms with Crippen molar-refractivity contribution in [2.24, 2.45) is 17.8 Å². The number of nitrogens with zero attached hydrogens (tertiary/aromatic N) is 2. The molecule has 9 heteroatoms. The summed E-state index contributed by atoms with van der Waals surface area (Å²) in [5.41, 5.74) is 0. The van der Waals surface area contributed by atoms with Gasteiger partial charge in [-0.3, -0.25) is 14.4 Å². The minimum absolute atomic E-state index is 0.0151. The second kappa shape index (κ2) is 14.0. The largest absolute Gasteiger partial charge is 0.465 e. The van der Waals surface area contributed by atoms with Crippen molar-refractivity contribution >= 4 is 45.5 Å². The van der Waals surface area contributed by atoms with Crippen molar-refractivity contribution in [1.82, 2.24) is 9.80 Å². The van der Waals surface area contributed by atoms with Gasteiger partial charge in [0.2, 0.25) is 11.8 Å². The molecule has 3 aliphatic rings. The van der Waals surface area contributed by atoms with Crippen LogP contribution in [-0.2, 0) is 19.1 Å². The number of allylic oxidation sites excluding steroid dienone is 1. The van der Waals surface area contributed by atoms with Crippen molar-refractivity contribution in [3.05, 3.63) is 25.3 Å². The predicted molar refractivity (Wildman–Crippen MR) is 161 cm³/mol. The first kappa shape index (κ1) is 32.2. The molecule has 3 aliphatic heterocycles. The lowest BCUT2D eigenvalue weighted by Gasteiger charge is -2.41. The van der Waals surface area contributed by atoms with E-state index in [0.717, 1.165) is 32.1 Å². The van der Waals surface area contributed by atoms with Crippen LogP contribution in [0.25, 0.3) is 0 Å². The van der Waals surface area contributed by atoms with Gasteiger partial charge in [-0.25, -0.2) is 0 Å². The molecule has 0 aromatic rings. The number of carbonyl (C=O) groups excluding carboxylic acids is 3. The van der Waals surface area contributed by atoms with Crippen molar-refractivity contribution in [2.75, 3.05) is 19.8 Å². The van der Waals surface area contributed by atoms with E-state index in [0.29, 0.717) is 26.0 Å². The molecule has 7 nitrogen and oxygen atoms in total. The van der Waals surface area contributed by atoms with Gasteiger partial charge in [0, 0.05) is 22.7 Å². The second-order valence-corrected chi connectivity index (χ2v) is 14.5. The molecule has 1 spiro atoms. The molecule has 0 aliphatic carbocycles. The minimum atomic E-state index is -0.759. The first-order valence-corrected chi connectivity index (χ1v) is 16.3. The zero-order chi connectivity index (χ0) is 28.9. The van der Waals surface area contributed by atoms with Crippen LogP contribution in [0.3, 0.4) is 0 Å². The number of esters is 1. The van der Waals surface area contributed by atoms with E-state index < -0.39 is 28.7 Å². The number of amides is 2. The number of ether oxygens (including phenoxy) is 1. The third-order valence-electron chi connectivity index (χ3n) is 8.48. The molecular weight excluding hydrogens is 580 g/mol. The topological polar surface area (TPSA) is 87.2 Å². The maximum atomic E-state index is 14.5. The molecule has 2 amide bonds. The summed E-state index contributed by atoms with van der Waals surface area (Å²) in [6.07, 6.45) is 9.02. The van der Waals surface area contributed by atoms with Crippen LogP contribution in [-0.4, -0.2) is 85.4 Å². The van der Waals surface area contributed by atoms with Crippen LogP contribution in [0.15, 0.2) is 25.3 Å². The number of likely N-dealkylation sites (tertiary alicyclic amines) is 1. The quantitative estimate of drug-likeness (QED) is 0.113. The van der Waals surface area contributed by atoms with Crippen molar-refractivity contribution in [1.29, 1.82) is 0 Å². The molecule has 0 radical (unpaired) electrons. The third kappa shape index (κ3) is 6.30. The minimum Gasteiger partial charge on any atom is -0.465 e. The van der Waals surface area contributed by atoms with Crippen LogP contribution in [0, 0.1) is 17.8 Å². The fourth-order valence-corrected chi connectivity index (χ4v) is 10.4. The molecule has 8 atom stereocenters. The Morgan fingerprint density at radius 2 is 2.00 bits per heavy atom. The van der Waals surface area contributed by atoms with Gasteiger partial charge in [0.05, 0.1) is 35.8 Å². The van der Waals surface area contributed by atoms with Crippen molar-refractivity contribution in [3.8, 4) is 0 Å². The Morgan fingerprint density at radius 3 is 2.59 bits per heavy atom. The summed E-state index contributed by atoms with van der Waals surface area (Å²) in [6, 6.07) is -1.28. The molecule has 3 saturated heterocycles. The molecule has 3 heterocycles. The van der Waals surface area contributed by atoms with Gasteiger partial charge in [0.25, 0.3) is 0 Å². The number of carbonyl (C=O) groups is 3. The number of alkyl halides is 1. The van der Waals surface area contributed by atoms with Gasteiger partial charge in [-0.05, 0) is 51.4 Å². The van der Waals surface area contributed by atoms with E-state index in [4.69, 9.17) is 4.74 Å². The van der Waals surface area contributed by atoms with Gasteiger partial charge >= 0.3 is 5.97 Å². The van der Waals surface area contributed by atoms with E-state index in [1.165, 1.54) is 0 Å². The summed E-state index contributed by atoms with van der Waals surface area (Å²) in [4.78, 5) is 45.9. The highest BCUT2D eigenvalue weighted by atomic mass is 79.9. The highest BCUT2D eigenvalue weighted by molar-refractivity contribution is 9.09. The number of unbranched alkanes of at least 4 members (excludes halogenated alkanes) is 2. The number of thioether (sulfide) groups is 1. The maximum Gasteiger partial charge on any atom is 0.310 e. The Balaban J connectivity index is 2.03. The second-order valence-electron chi connectivity index (χ2n) is 11.7. The van der Waals surface area contributed by atoms with Crippen LogP contribution < -0.4 is 0 Å². The highest BCUT2D eigenvalue weighted by Gasteiger charge is 2.76. The van der Waals surface area contributed by atoms with Gasteiger partial charge in [-0.2, -0.15) is 0 Å². The zero-order valence-electron chi connectivity index (χ0n) is 24.0. The van der Waals surface area contributed by atoms with Crippen molar-refractivity contribution in [3.63, 3.8) is 0 Å². The normalized spacial score (nSPS) is 30.8. The number of hydrogen-bond donors (Lipinski definition) is 1. The first-order valence-electron chi connectivity index (χ1n) is 14.5. The number of hydrogen-bond acceptors (Lipinski definition) is 6. The lowest BCUT2D eigenvalue weighted by atomic mass is 9.71. The van der Waals surface area contributed by atoms with E-state index in [1.54, 1.807) is 22.7 Å². The lowest BCUT2D eigenvalue weighted by molar-refractivity contribution is -0.154.